The predicted molar refractivity (Wildman–Crippen MR) is 108 cm³/mol. The van der Waals surface area contributed by atoms with Crippen molar-refractivity contribution in [1.82, 2.24) is 9.97 Å². The second-order valence-corrected chi connectivity index (χ2v) is 7.73. The van der Waals surface area contributed by atoms with E-state index in [1.54, 1.807) is 19.5 Å². The van der Waals surface area contributed by atoms with Gasteiger partial charge in [0, 0.05) is 23.6 Å². The molecule has 2 aromatic carbocycles. The number of hydrogen-bond acceptors (Lipinski definition) is 7. The molecule has 7 nitrogen and oxygen atoms in total. The van der Waals surface area contributed by atoms with Gasteiger partial charge in [-0.1, -0.05) is 30.3 Å². The molecule has 3 aromatic rings. The van der Waals surface area contributed by atoms with Crippen LogP contribution in [0.5, 0.6) is 5.75 Å². The van der Waals surface area contributed by atoms with E-state index in [1.807, 2.05) is 48.5 Å². The number of nitrogens with zero attached hydrogens (tertiary/aromatic N) is 2. The largest absolute Gasteiger partial charge is 0.497 e. The van der Waals surface area contributed by atoms with Crippen LogP contribution in [-0.2, 0) is 20.7 Å². The average molecular weight is 399 g/mol. The van der Waals surface area contributed by atoms with Crippen LogP contribution in [-0.4, -0.2) is 38.4 Å². The first-order valence-electron chi connectivity index (χ1n) is 8.60. The van der Waals surface area contributed by atoms with Crippen LogP contribution in [0.15, 0.2) is 60.9 Å². The summed E-state index contributed by atoms with van der Waals surface area (Å²) in [6, 6.07) is 15.2. The second-order valence-electron chi connectivity index (χ2n) is 6.08. The van der Waals surface area contributed by atoms with Crippen LogP contribution in [0.4, 0.5) is 11.6 Å². The van der Waals surface area contributed by atoms with Crippen molar-refractivity contribution in [2.45, 2.75) is 6.42 Å². The van der Waals surface area contributed by atoms with E-state index in [0.29, 0.717) is 12.4 Å². The summed E-state index contributed by atoms with van der Waals surface area (Å²) in [5.41, 5.74) is 3.60. The first kappa shape index (κ1) is 19.8. The van der Waals surface area contributed by atoms with E-state index < -0.39 is 10.1 Å². The Balaban J connectivity index is 1.70. The molecule has 1 aromatic heterocycles. The summed E-state index contributed by atoms with van der Waals surface area (Å²) in [4.78, 5) is 8.75. The number of benzene rings is 2. The van der Waals surface area contributed by atoms with Crippen LogP contribution in [0.25, 0.3) is 11.1 Å². The summed E-state index contributed by atoms with van der Waals surface area (Å²) < 4.78 is 32.2. The normalized spacial score (nSPS) is 11.2. The van der Waals surface area contributed by atoms with Crippen molar-refractivity contribution in [3.8, 4) is 16.9 Å². The molecule has 28 heavy (non-hydrogen) atoms. The van der Waals surface area contributed by atoms with Crippen molar-refractivity contribution < 1.29 is 17.3 Å². The lowest BCUT2D eigenvalue weighted by molar-refractivity contribution is 0.326. The number of para-hydroxylation sites is 1. The van der Waals surface area contributed by atoms with Gasteiger partial charge in [-0.05, 0) is 35.7 Å². The molecule has 0 amide bonds. The van der Waals surface area contributed by atoms with Crippen LogP contribution < -0.4 is 10.1 Å². The lowest BCUT2D eigenvalue weighted by Gasteiger charge is -2.11. The van der Waals surface area contributed by atoms with Gasteiger partial charge in [0.15, 0.2) is 0 Å². The Bertz CT molecular complexity index is 1020. The maximum atomic E-state index is 11.1. The fraction of sp³-hybridized carbons (Fsp3) is 0.200. The van der Waals surface area contributed by atoms with Crippen LogP contribution in [0.3, 0.4) is 0 Å². The molecule has 146 valence electrons. The minimum absolute atomic E-state index is 0.0782. The van der Waals surface area contributed by atoms with Gasteiger partial charge in [0.1, 0.15) is 5.75 Å². The van der Waals surface area contributed by atoms with Gasteiger partial charge < -0.3 is 10.1 Å². The van der Waals surface area contributed by atoms with Crippen molar-refractivity contribution >= 4 is 21.8 Å². The van der Waals surface area contributed by atoms with E-state index in [2.05, 4.69) is 15.3 Å². The third-order valence-electron chi connectivity index (χ3n) is 4.01. The number of hydrogen-bond donors (Lipinski definition) is 1. The highest BCUT2D eigenvalue weighted by molar-refractivity contribution is 7.85. The van der Waals surface area contributed by atoms with Crippen molar-refractivity contribution in [1.29, 1.82) is 0 Å². The predicted octanol–water partition coefficient (Wildman–Crippen LogP) is 3.41. The summed E-state index contributed by atoms with van der Waals surface area (Å²) in [5.74, 6) is 1.24. The number of nitrogens with one attached hydrogen (secondary N) is 1. The highest BCUT2D eigenvalue weighted by atomic mass is 32.2. The number of anilines is 2. The van der Waals surface area contributed by atoms with Gasteiger partial charge in [0.2, 0.25) is 5.95 Å². The molecular weight excluding hydrogens is 378 g/mol. The molecule has 0 spiro atoms. The molecular formula is C20H21N3O4S. The zero-order valence-corrected chi connectivity index (χ0v) is 16.4. The van der Waals surface area contributed by atoms with E-state index in [-0.39, 0.29) is 6.61 Å². The Morgan fingerprint density at radius 3 is 2.29 bits per heavy atom. The molecule has 0 aliphatic rings. The zero-order valence-electron chi connectivity index (χ0n) is 15.6. The molecule has 0 aliphatic heterocycles. The maximum absolute atomic E-state index is 11.1. The van der Waals surface area contributed by atoms with E-state index in [1.165, 1.54) is 0 Å². The third kappa shape index (κ3) is 5.51. The monoisotopic (exact) mass is 399 g/mol. The first-order chi connectivity index (χ1) is 13.4. The van der Waals surface area contributed by atoms with Gasteiger partial charge >= 0.3 is 0 Å². The molecule has 1 heterocycles. The Labute approximate surface area is 164 Å². The van der Waals surface area contributed by atoms with Crippen LogP contribution in [0.1, 0.15) is 5.56 Å². The summed E-state index contributed by atoms with van der Waals surface area (Å²) in [7, 11) is -1.83. The van der Waals surface area contributed by atoms with Gasteiger partial charge in [-0.3, -0.25) is 4.18 Å². The second kappa shape index (κ2) is 8.81. The van der Waals surface area contributed by atoms with Crippen LogP contribution >= 0.6 is 0 Å². The standard InChI is InChI=1S/C20H21N3O4S/c1-26-18-9-7-15(8-10-18)17-13-21-20(22-14-17)23-19-6-4-3-5-16(19)11-12-27-28(2,24)25/h3-10,13-14H,11-12H2,1-2H3,(H,21,22,23). The molecule has 0 saturated heterocycles. The number of methoxy groups -OCH3 is 1. The van der Waals surface area contributed by atoms with E-state index in [4.69, 9.17) is 8.92 Å². The minimum atomic E-state index is -3.45. The van der Waals surface area contributed by atoms with Crippen molar-refractivity contribution in [3.63, 3.8) is 0 Å². The van der Waals surface area contributed by atoms with Crippen molar-refractivity contribution in [2.24, 2.45) is 0 Å². The highest BCUT2D eigenvalue weighted by Crippen LogP contribution is 2.23. The molecule has 0 radical (unpaired) electrons. The quantitative estimate of drug-likeness (QED) is 0.581. The SMILES string of the molecule is COc1ccc(-c2cnc(Nc3ccccc3CCOS(C)(=O)=O)nc2)cc1. The maximum Gasteiger partial charge on any atom is 0.264 e. The van der Waals surface area contributed by atoms with Gasteiger partial charge in [0.25, 0.3) is 10.1 Å². The highest BCUT2D eigenvalue weighted by Gasteiger charge is 2.07. The fourth-order valence-corrected chi connectivity index (χ4v) is 2.99. The molecule has 8 heteroatoms. The molecule has 0 bridgehead atoms. The Kier molecular flexibility index (Phi) is 6.23. The molecule has 1 N–H and O–H groups in total. The number of aromatic nitrogens is 2. The topological polar surface area (TPSA) is 90.4 Å². The summed E-state index contributed by atoms with van der Waals surface area (Å²) in [6.45, 7) is 0.0782. The Morgan fingerprint density at radius 1 is 0.964 bits per heavy atom. The first-order valence-corrected chi connectivity index (χ1v) is 10.4. The van der Waals surface area contributed by atoms with Gasteiger partial charge in [-0.2, -0.15) is 8.42 Å². The summed E-state index contributed by atoms with van der Waals surface area (Å²) in [6.07, 6.45) is 4.97. The van der Waals surface area contributed by atoms with Crippen molar-refractivity contribution in [3.05, 3.63) is 66.5 Å². The van der Waals surface area contributed by atoms with Gasteiger partial charge in [-0.15, -0.1) is 0 Å². The lowest BCUT2D eigenvalue weighted by Crippen LogP contribution is -2.07. The lowest BCUT2D eigenvalue weighted by atomic mass is 10.1. The Hall–Kier alpha value is -2.97. The molecule has 0 fully saturated rings. The zero-order chi connectivity index (χ0) is 20.0. The van der Waals surface area contributed by atoms with E-state index in [9.17, 15) is 8.42 Å². The Morgan fingerprint density at radius 2 is 1.64 bits per heavy atom. The van der Waals surface area contributed by atoms with E-state index in [0.717, 1.165) is 34.4 Å². The van der Waals surface area contributed by atoms with E-state index >= 15 is 0 Å². The number of rotatable bonds is 8. The third-order valence-corrected chi connectivity index (χ3v) is 4.60. The summed E-state index contributed by atoms with van der Waals surface area (Å²) >= 11 is 0. The minimum Gasteiger partial charge on any atom is -0.497 e. The molecule has 0 saturated carbocycles. The van der Waals surface area contributed by atoms with Crippen LogP contribution in [0.2, 0.25) is 0 Å². The molecule has 0 aliphatic carbocycles. The fourth-order valence-electron chi connectivity index (χ4n) is 2.61. The number of ether oxygens (including phenoxy) is 1. The van der Waals surface area contributed by atoms with Gasteiger partial charge in [-0.25, -0.2) is 9.97 Å². The molecule has 0 unspecified atom stereocenters. The molecule has 0 atom stereocenters. The van der Waals surface area contributed by atoms with Crippen LogP contribution in [0, 0.1) is 0 Å². The van der Waals surface area contributed by atoms with Crippen molar-refractivity contribution in [2.75, 3.05) is 25.3 Å². The molecule has 3 rings (SSSR count). The van der Waals surface area contributed by atoms with Gasteiger partial charge in [0.05, 0.1) is 20.0 Å². The smallest absolute Gasteiger partial charge is 0.264 e. The average Bonchev–Trinajstić information content (AvgIpc) is 2.69. The summed E-state index contributed by atoms with van der Waals surface area (Å²) in [5, 5.41) is 3.17.